The second-order valence-corrected chi connectivity index (χ2v) is 6.91. The van der Waals surface area contributed by atoms with E-state index in [0.717, 1.165) is 11.0 Å². The van der Waals surface area contributed by atoms with Crippen LogP contribution in [0.2, 0.25) is 0 Å². The van der Waals surface area contributed by atoms with Crippen molar-refractivity contribution < 1.29 is 0 Å². The van der Waals surface area contributed by atoms with Gasteiger partial charge in [0.1, 0.15) is 0 Å². The van der Waals surface area contributed by atoms with E-state index in [1.54, 1.807) is 0 Å². The molecule has 0 spiro atoms. The van der Waals surface area contributed by atoms with Gasteiger partial charge in [0, 0.05) is 27.2 Å². The van der Waals surface area contributed by atoms with E-state index in [9.17, 15) is 0 Å². The maximum atomic E-state index is 3.59. The van der Waals surface area contributed by atoms with Gasteiger partial charge in [-0.1, -0.05) is 42.3 Å². The van der Waals surface area contributed by atoms with Crippen molar-refractivity contribution in [3.8, 4) is 0 Å². The topological polar surface area (TPSA) is 12.0 Å². The van der Waals surface area contributed by atoms with Crippen LogP contribution < -0.4 is 5.32 Å². The fourth-order valence-electron chi connectivity index (χ4n) is 1.72. The first-order valence-electron chi connectivity index (χ1n) is 6.27. The van der Waals surface area contributed by atoms with Crippen LogP contribution in [0, 0.1) is 0 Å². The maximum absolute atomic E-state index is 3.59. The molecule has 0 aliphatic rings. The van der Waals surface area contributed by atoms with Crippen molar-refractivity contribution in [3.05, 3.63) is 28.7 Å². The summed E-state index contributed by atoms with van der Waals surface area (Å²) in [5, 5.41) is 4.19. The summed E-state index contributed by atoms with van der Waals surface area (Å²) < 4.78 is 1.15. The van der Waals surface area contributed by atoms with Crippen LogP contribution in [0.25, 0.3) is 0 Å². The lowest BCUT2D eigenvalue weighted by Crippen LogP contribution is -2.31. The fraction of sp³-hybridized carbons (Fsp3) is 0.571. The van der Waals surface area contributed by atoms with Gasteiger partial charge in [0.2, 0.25) is 0 Å². The first-order chi connectivity index (χ1) is 8.11. The molecule has 0 saturated carbocycles. The Morgan fingerprint density at radius 1 is 1.35 bits per heavy atom. The number of benzene rings is 1. The van der Waals surface area contributed by atoms with E-state index in [1.807, 2.05) is 11.8 Å². The number of hydrogen-bond acceptors (Lipinski definition) is 2. The van der Waals surface area contributed by atoms with Crippen molar-refractivity contribution in [2.24, 2.45) is 0 Å². The number of rotatable bonds is 7. The molecule has 3 heteroatoms. The predicted molar refractivity (Wildman–Crippen MR) is 81.8 cm³/mol. The SMILES string of the molecule is CCCC(C)NCC(C)Sc1cccc(Br)c1. The molecule has 2 atom stereocenters. The van der Waals surface area contributed by atoms with Gasteiger partial charge in [0.25, 0.3) is 0 Å². The van der Waals surface area contributed by atoms with Crippen LogP contribution in [-0.4, -0.2) is 17.8 Å². The second-order valence-electron chi connectivity index (χ2n) is 4.48. The molecule has 2 unspecified atom stereocenters. The molecular weight excluding hydrogens is 294 g/mol. The van der Waals surface area contributed by atoms with E-state index in [4.69, 9.17) is 0 Å². The smallest absolute Gasteiger partial charge is 0.0191 e. The third kappa shape index (κ3) is 6.49. The van der Waals surface area contributed by atoms with Crippen LogP contribution in [0.1, 0.15) is 33.6 Å². The first-order valence-corrected chi connectivity index (χ1v) is 7.94. The molecule has 1 aromatic rings. The van der Waals surface area contributed by atoms with Gasteiger partial charge in [-0.15, -0.1) is 11.8 Å². The Labute approximate surface area is 118 Å². The summed E-state index contributed by atoms with van der Waals surface area (Å²) in [7, 11) is 0. The summed E-state index contributed by atoms with van der Waals surface area (Å²) >= 11 is 5.43. The molecule has 0 saturated heterocycles. The van der Waals surface area contributed by atoms with Gasteiger partial charge in [0.15, 0.2) is 0 Å². The molecule has 0 bridgehead atoms. The van der Waals surface area contributed by atoms with Crippen molar-refractivity contribution in [3.63, 3.8) is 0 Å². The van der Waals surface area contributed by atoms with Gasteiger partial charge in [0.05, 0.1) is 0 Å². The monoisotopic (exact) mass is 315 g/mol. The highest BCUT2D eigenvalue weighted by molar-refractivity contribution is 9.10. The fourth-order valence-corrected chi connectivity index (χ4v) is 3.26. The average molecular weight is 316 g/mol. The molecule has 0 fully saturated rings. The molecule has 0 amide bonds. The van der Waals surface area contributed by atoms with Gasteiger partial charge < -0.3 is 5.32 Å². The maximum Gasteiger partial charge on any atom is 0.0191 e. The Bertz CT molecular complexity index is 330. The van der Waals surface area contributed by atoms with Gasteiger partial charge in [-0.3, -0.25) is 0 Å². The van der Waals surface area contributed by atoms with Crippen molar-refractivity contribution in [1.82, 2.24) is 5.32 Å². The second kappa shape index (κ2) is 8.17. The minimum Gasteiger partial charge on any atom is -0.313 e. The third-order valence-electron chi connectivity index (χ3n) is 2.61. The molecular formula is C14H22BrNS. The Morgan fingerprint density at radius 2 is 2.12 bits per heavy atom. The summed E-state index contributed by atoms with van der Waals surface area (Å²) in [6.07, 6.45) is 2.51. The molecule has 0 aliphatic carbocycles. The molecule has 0 heterocycles. The molecule has 1 nitrogen and oxygen atoms in total. The third-order valence-corrected chi connectivity index (χ3v) is 4.20. The van der Waals surface area contributed by atoms with E-state index in [-0.39, 0.29) is 0 Å². The van der Waals surface area contributed by atoms with E-state index in [0.29, 0.717) is 11.3 Å². The van der Waals surface area contributed by atoms with Crippen LogP contribution in [-0.2, 0) is 0 Å². The number of nitrogens with one attached hydrogen (secondary N) is 1. The Morgan fingerprint density at radius 3 is 2.76 bits per heavy atom. The summed E-state index contributed by atoms with van der Waals surface area (Å²) in [5.74, 6) is 0. The van der Waals surface area contributed by atoms with E-state index in [1.165, 1.54) is 17.7 Å². The van der Waals surface area contributed by atoms with Crippen LogP contribution >= 0.6 is 27.7 Å². The molecule has 96 valence electrons. The number of hydrogen-bond donors (Lipinski definition) is 1. The van der Waals surface area contributed by atoms with Gasteiger partial charge in [-0.2, -0.15) is 0 Å². The molecule has 1 rings (SSSR count). The van der Waals surface area contributed by atoms with E-state index < -0.39 is 0 Å². The highest BCUT2D eigenvalue weighted by Gasteiger charge is 2.06. The van der Waals surface area contributed by atoms with Gasteiger partial charge in [-0.25, -0.2) is 0 Å². The minimum absolute atomic E-state index is 0.601. The van der Waals surface area contributed by atoms with Crippen LogP contribution in [0.4, 0.5) is 0 Å². The highest BCUT2D eigenvalue weighted by atomic mass is 79.9. The molecule has 17 heavy (non-hydrogen) atoms. The Kier molecular flexibility index (Phi) is 7.24. The zero-order chi connectivity index (χ0) is 12.7. The lowest BCUT2D eigenvalue weighted by molar-refractivity contribution is 0.511. The number of halogens is 1. The van der Waals surface area contributed by atoms with E-state index in [2.05, 4.69) is 66.3 Å². The zero-order valence-electron chi connectivity index (χ0n) is 10.9. The van der Waals surface area contributed by atoms with Crippen molar-refractivity contribution in [1.29, 1.82) is 0 Å². The number of thioether (sulfide) groups is 1. The summed E-state index contributed by atoms with van der Waals surface area (Å²) in [6.45, 7) is 7.84. The predicted octanol–water partition coefficient (Wildman–Crippen LogP) is 4.71. The Hall–Kier alpha value is 0.01000. The quantitative estimate of drug-likeness (QED) is 0.731. The summed E-state index contributed by atoms with van der Waals surface area (Å²) in [6, 6.07) is 9.13. The first kappa shape index (κ1) is 15.1. The lowest BCUT2D eigenvalue weighted by atomic mass is 10.2. The minimum atomic E-state index is 0.601. The van der Waals surface area contributed by atoms with Crippen LogP contribution in [0.5, 0.6) is 0 Å². The molecule has 0 aromatic heterocycles. The molecule has 0 aliphatic heterocycles. The Balaban J connectivity index is 2.32. The lowest BCUT2D eigenvalue weighted by Gasteiger charge is -2.17. The normalized spacial score (nSPS) is 14.6. The standard InChI is InChI=1S/C14H22BrNS/c1-4-6-11(2)16-10-12(3)17-14-8-5-7-13(15)9-14/h5,7-9,11-12,16H,4,6,10H2,1-3H3. The molecule has 0 radical (unpaired) electrons. The van der Waals surface area contributed by atoms with Crippen LogP contribution in [0.15, 0.2) is 33.6 Å². The van der Waals surface area contributed by atoms with Crippen molar-refractivity contribution in [2.75, 3.05) is 6.54 Å². The van der Waals surface area contributed by atoms with Crippen molar-refractivity contribution >= 4 is 27.7 Å². The zero-order valence-corrected chi connectivity index (χ0v) is 13.3. The average Bonchev–Trinajstić information content (AvgIpc) is 2.27. The summed E-state index contributed by atoms with van der Waals surface area (Å²) in [5.41, 5.74) is 0. The highest BCUT2D eigenvalue weighted by Crippen LogP contribution is 2.25. The largest absolute Gasteiger partial charge is 0.313 e. The van der Waals surface area contributed by atoms with E-state index >= 15 is 0 Å². The molecule has 1 aromatic carbocycles. The summed E-state index contributed by atoms with van der Waals surface area (Å²) in [4.78, 5) is 1.33. The van der Waals surface area contributed by atoms with Crippen molar-refractivity contribution in [2.45, 2.75) is 49.8 Å². The van der Waals surface area contributed by atoms with Crippen LogP contribution in [0.3, 0.4) is 0 Å². The molecule has 1 N–H and O–H groups in total. The van der Waals surface area contributed by atoms with Gasteiger partial charge in [-0.05, 0) is 31.5 Å². The van der Waals surface area contributed by atoms with Gasteiger partial charge >= 0.3 is 0 Å².